The van der Waals surface area contributed by atoms with Crippen molar-refractivity contribution in [3.8, 4) is 0 Å². The summed E-state index contributed by atoms with van der Waals surface area (Å²) in [5.41, 5.74) is 2.58. The van der Waals surface area contributed by atoms with Gasteiger partial charge < -0.3 is 67.0 Å². The van der Waals surface area contributed by atoms with Gasteiger partial charge in [-0.1, -0.05) is 18.5 Å². The highest BCUT2D eigenvalue weighted by atomic mass is 35.5. The number of piperazine rings is 1. The number of aryl methyl sites for hydroxylation is 1. The average molecular weight is 1050 g/mol. The minimum absolute atomic E-state index is 0.196. The Morgan fingerprint density at radius 3 is 1.75 bits per heavy atom. The molecule has 2 amide bonds. The lowest BCUT2D eigenvalue weighted by Crippen LogP contribution is -2.47. The molecule has 20 nitrogen and oxygen atoms in total. The van der Waals surface area contributed by atoms with E-state index in [4.69, 9.17) is 64.3 Å². The first-order valence-corrected chi connectivity index (χ1v) is 26.3. The van der Waals surface area contributed by atoms with Gasteiger partial charge in [0, 0.05) is 76.7 Å². The van der Waals surface area contributed by atoms with E-state index < -0.39 is 11.6 Å². The standard InChI is InChI=1S/C52H82ClN7O13/c1-51(2,3)73-50(64)58-16-11-52(4,12-17-58)44-9-13-54-40-47(44)59(42-61)41-48-55-45-39-43(53)7-8-46(45)60(48)14-5-6-23-65-25-27-67-29-31-69-33-35-71-37-38-72-36-34-70-32-30-68-28-26-66-24-22-57-20-18-56(19-21-57)15-10-49(62)63/h7-9,13,39-40,42H,5-6,10-12,14-38,41H2,1-4H3,(H,62,63). The number of fused-ring (bicyclic) bond motifs is 1. The quantitative estimate of drug-likeness (QED) is 0.0557. The van der Waals surface area contributed by atoms with Gasteiger partial charge in [0.1, 0.15) is 11.4 Å². The number of pyridine rings is 1. The fraction of sp³-hybridized carbons (Fsp3) is 0.712. The summed E-state index contributed by atoms with van der Waals surface area (Å²) in [6, 6.07) is 7.65. The monoisotopic (exact) mass is 1050 g/mol. The number of nitrogens with zero attached hydrogens (tertiary/aromatic N) is 7. The Balaban J connectivity index is 0.839. The van der Waals surface area contributed by atoms with Crippen LogP contribution < -0.4 is 4.90 Å². The molecule has 0 bridgehead atoms. The SMILES string of the molecule is CC(C)(C)OC(=O)N1CCC(C)(c2ccncc2N(C=O)Cc2nc3cc(Cl)ccc3n2CCCCOCCOCCOCCOCCOCCOCCOCCOCCN2CCN(CCC(=O)O)CC2)CC1. The van der Waals surface area contributed by atoms with E-state index in [0.29, 0.717) is 150 Å². The molecular formula is C52H82ClN7O13. The molecule has 0 atom stereocenters. The molecule has 4 heterocycles. The molecule has 3 aromatic rings. The lowest BCUT2D eigenvalue weighted by Gasteiger charge is -2.41. The summed E-state index contributed by atoms with van der Waals surface area (Å²) in [7, 11) is 0. The number of hydrogen-bond acceptors (Lipinski definition) is 16. The van der Waals surface area contributed by atoms with Crippen molar-refractivity contribution in [2.75, 3.05) is 163 Å². The van der Waals surface area contributed by atoms with Crippen LogP contribution in [0.5, 0.6) is 0 Å². The highest BCUT2D eigenvalue weighted by Gasteiger charge is 2.37. The normalized spacial score (nSPS) is 15.5. The Kier molecular flexibility index (Phi) is 27.1. The Morgan fingerprint density at radius 1 is 0.712 bits per heavy atom. The number of halogens is 1. The van der Waals surface area contributed by atoms with E-state index in [2.05, 4.69) is 26.3 Å². The van der Waals surface area contributed by atoms with Crippen molar-refractivity contribution in [1.29, 1.82) is 0 Å². The molecule has 5 rings (SSSR count). The molecule has 0 radical (unpaired) electrons. The van der Waals surface area contributed by atoms with Gasteiger partial charge in [-0.2, -0.15) is 0 Å². The van der Waals surface area contributed by atoms with E-state index in [0.717, 1.165) is 80.1 Å². The highest BCUT2D eigenvalue weighted by Crippen LogP contribution is 2.40. The molecule has 2 aliphatic rings. The first kappa shape index (κ1) is 59.8. The van der Waals surface area contributed by atoms with Gasteiger partial charge in [-0.15, -0.1) is 0 Å². The fourth-order valence-corrected chi connectivity index (χ4v) is 8.72. The van der Waals surface area contributed by atoms with Crippen molar-refractivity contribution < 1.29 is 62.1 Å². The number of ether oxygens (including phenoxy) is 9. The molecule has 0 spiro atoms. The molecule has 2 saturated heterocycles. The lowest BCUT2D eigenvalue weighted by molar-refractivity contribution is -0.137. The highest BCUT2D eigenvalue weighted by molar-refractivity contribution is 6.31. The number of carboxylic acids is 1. The van der Waals surface area contributed by atoms with Crippen LogP contribution in [-0.2, 0) is 70.7 Å². The molecule has 2 aromatic heterocycles. The van der Waals surface area contributed by atoms with Crippen LogP contribution >= 0.6 is 11.6 Å². The van der Waals surface area contributed by atoms with Gasteiger partial charge in [-0.05, 0) is 81.7 Å². The molecule has 0 saturated carbocycles. The average Bonchev–Trinajstić information content (AvgIpc) is 3.71. The van der Waals surface area contributed by atoms with Gasteiger partial charge in [0.2, 0.25) is 6.41 Å². The molecule has 73 heavy (non-hydrogen) atoms. The summed E-state index contributed by atoms with van der Waals surface area (Å²) < 4.78 is 52.9. The number of carbonyl (C=O) groups is 3. The number of imidazole rings is 1. The summed E-state index contributed by atoms with van der Waals surface area (Å²) in [6.07, 6.45) is 7.31. The van der Waals surface area contributed by atoms with Crippen LogP contribution in [0.2, 0.25) is 5.02 Å². The summed E-state index contributed by atoms with van der Waals surface area (Å²) in [5, 5.41) is 9.43. The predicted octanol–water partition coefficient (Wildman–Crippen LogP) is 5.54. The molecule has 1 N–H and O–H groups in total. The molecule has 0 aliphatic carbocycles. The molecule has 0 unspecified atom stereocenters. The molecule has 2 aliphatic heterocycles. The maximum absolute atomic E-state index is 12.8. The van der Waals surface area contributed by atoms with Gasteiger partial charge in [0.25, 0.3) is 0 Å². The molecule has 410 valence electrons. The van der Waals surface area contributed by atoms with Crippen LogP contribution in [0.1, 0.15) is 71.2 Å². The van der Waals surface area contributed by atoms with E-state index >= 15 is 0 Å². The topological polar surface area (TPSA) is 198 Å². The van der Waals surface area contributed by atoms with Crippen molar-refractivity contribution in [2.45, 2.75) is 83.9 Å². The van der Waals surface area contributed by atoms with Crippen LogP contribution in [0.15, 0.2) is 36.7 Å². The molecule has 1 aromatic carbocycles. The van der Waals surface area contributed by atoms with Crippen LogP contribution in [0, 0.1) is 0 Å². The molecule has 21 heteroatoms. The number of carbonyl (C=O) groups excluding carboxylic acids is 2. The van der Waals surface area contributed by atoms with Gasteiger partial charge in [0.05, 0.1) is 135 Å². The van der Waals surface area contributed by atoms with Crippen molar-refractivity contribution >= 4 is 46.8 Å². The van der Waals surface area contributed by atoms with E-state index in [1.54, 1.807) is 22.2 Å². The summed E-state index contributed by atoms with van der Waals surface area (Å²) in [5.74, 6) is -0.00628. The van der Waals surface area contributed by atoms with Crippen molar-refractivity contribution in [3.05, 3.63) is 53.1 Å². The third kappa shape index (κ3) is 22.4. The Morgan fingerprint density at radius 2 is 1.23 bits per heavy atom. The largest absolute Gasteiger partial charge is 0.481 e. The molecular weight excluding hydrogens is 966 g/mol. The zero-order valence-corrected chi connectivity index (χ0v) is 44.6. The van der Waals surface area contributed by atoms with Gasteiger partial charge in [0.15, 0.2) is 0 Å². The fourth-order valence-electron chi connectivity index (χ4n) is 8.56. The first-order valence-electron chi connectivity index (χ1n) is 25.9. The minimum Gasteiger partial charge on any atom is -0.481 e. The number of anilines is 1. The molecule has 2 fully saturated rings. The maximum atomic E-state index is 12.8. The predicted molar refractivity (Wildman–Crippen MR) is 277 cm³/mol. The van der Waals surface area contributed by atoms with E-state index in [9.17, 15) is 14.4 Å². The maximum Gasteiger partial charge on any atom is 0.410 e. The number of unbranched alkanes of at least 4 members (excludes halogenated alkanes) is 1. The van der Waals surface area contributed by atoms with E-state index in [-0.39, 0.29) is 24.5 Å². The third-order valence-electron chi connectivity index (χ3n) is 12.7. The van der Waals surface area contributed by atoms with Crippen LogP contribution in [0.3, 0.4) is 0 Å². The number of aliphatic carboxylic acids is 1. The number of carboxylic acid groups (broad SMARTS) is 1. The number of amides is 2. The van der Waals surface area contributed by atoms with Crippen molar-refractivity contribution in [2.24, 2.45) is 0 Å². The Bertz CT molecular complexity index is 2040. The summed E-state index contributed by atoms with van der Waals surface area (Å²) in [4.78, 5) is 53.7. The van der Waals surface area contributed by atoms with Crippen molar-refractivity contribution in [3.63, 3.8) is 0 Å². The number of aromatic nitrogens is 3. The zero-order chi connectivity index (χ0) is 52.2. The summed E-state index contributed by atoms with van der Waals surface area (Å²) >= 11 is 6.38. The van der Waals surface area contributed by atoms with Gasteiger partial charge in [-0.3, -0.25) is 19.5 Å². The first-order chi connectivity index (χ1) is 35.3. The lowest BCUT2D eigenvalue weighted by atomic mass is 9.74. The second-order valence-electron chi connectivity index (χ2n) is 19.4. The van der Waals surface area contributed by atoms with Crippen LogP contribution in [0.4, 0.5) is 10.5 Å². The van der Waals surface area contributed by atoms with Crippen molar-refractivity contribution in [1.82, 2.24) is 29.2 Å². The number of likely N-dealkylation sites (tertiary alicyclic amines) is 1. The Labute approximate surface area is 436 Å². The van der Waals surface area contributed by atoms with Crippen LogP contribution in [-0.4, -0.2) is 216 Å². The second-order valence-corrected chi connectivity index (χ2v) is 19.8. The summed E-state index contributed by atoms with van der Waals surface area (Å²) in [6.45, 7) is 23.0. The second kappa shape index (κ2) is 33.1. The number of piperidine rings is 1. The number of benzene rings is 1. The van der Waals surface area contributed by atoms with Gasteiger partial charge >= 0.3 is 12.1 Å². The Hall–Kier alpha value is -4.06. The van der Waals surface area contributed by atoms with Gasteiger partial charge in [-0.25, -0.2) is 9.78 Å². The van der Waals surface area contributed by atoms with E-state index in [1.807, 2.05) is 45.0 Å². The van der Waals surface area contributed by atoms with Crippen LogP contribution in [0.25, 0.3) is 11.0 Å². The number of rotatable bonds is 37. The third-order valence-corrected chi connectivity index (χ3v) is 12.9. The smallest absolute Gasteiger partial charge is 0.410 e. The number of hydrogen-bond donors (Lipinski definition) is 1. The van der Waals surface area contributed by atoms with E-state index in [1.165, 1.54) is 0 Å². The zero-order valence-electron chi connectivity index (χ0n) is 43.8. The minimum atomic E-state index is -0.746.